The fraction of sp³-hybridized carbons (Fsp3) is 0.111. The number of benzene rings is 1. The standard InChI is InChI=1S/C9H4Cl3NO2S/c10-9(11,12)13-7(14)4-2-1-3-5(16)6(4)8(13)15/h1-3,16H. The molecule has 0 fully saturated rings. The first kappa shape index (κ1) is 12.0. The highest BCUT2D eigenvalue weighted by molar-refractivity contribution is 7.80. The van der Waals surface area contributed by atoms with Crippen molar-refractivity contribution in [2.45, 2.75) is 8.81 Å². The van der Waals surface area contributed by atoms with Crippen molar-refractivity contribution in [3.8, 4) is 0 Å². The molecule has 3 nitrogen and oxygen atoms in total. The Labute approximate surface area is 112 Å². The molecule has 1 aliphatic rings. The monoisotopic (exact) mass is 295 g/mol. The number of rotatable bonds is 0. The molecule has 0 unspecified atom stereocenters. The van der Waals surface area contributed by atoms with E-state index in [2.05, 4.69) is 12.6 Å². The van der Waals surface area contributed by atoms with Gasteiger partial charge in [0.2, 0.25) is 0 Å². The molecule has 84 valence electrons. The van der Waals surface area contributed by atoms with Crippen LogP contribution in [0.4, 0.5) is 0 Å². The molecule has 0 saturated carbocycles. The zero-order chi connectivity index (χ0) is 12.1. The van der Waals surface area contributed by atoms with E-state index in [0.717, 1.165) is 0 Å². The summed E-state index contributed by atoms with van der Waals surface area (Å²) in [5, 5.41) is 0. The van der Waals surface area contributed by atoms with Crippen LogP contribution in [0.25, 0.3) is 0 Å². The minimum atomic E-state index is -2.09. The second kappa shape index (κ2) is 3.81. The normalized spacial score (nSPS) is 15.6. The molecule has 16 heavy (non-hydrogen) atoms. The molecule has 2 rings (SSSR count). The molecule has 0 aromatic heterocycles. The summed E-state index contributed by atoms with van der Waals surface area (Å²) in [6.07, 6.45) is 0. The lowest BCUT2D eigenvalue weighted by molar-refractivity contribution is 0.0649. The van der Waals surface area contributed by atoms with Gasteiger partial charge in [-0.1, -0.05) is 40.9 Å². The summed E-state index contributed by atoms with van der Waals surface area (Å²) < 4.78 is -2.09. The number of carbonyl (C=O) groups excluding carboxylic acids is 2. The lowest BCUT2D eigenvalue weighted by atomic mass is 10.1. The molecule has 1 aromatic rings. The van der Waals surface area contributed by atoms with Gasteiger partial charge in [0.15, 0.2) is 0 Å². The molecule has 1 heterocycles. The number of hydrogen-bond acceptors (Lipinski definition) is 3. The van der Waals surface area contributed by atoms with Crippen LogP contribution in [-0.4, -0.2) is 20.6 Å². The third-order valence-electron chi connectivity index (χ3n) is 2.15. The van der Waals surface area contributed by atoms with Crippen molar-refractivity contribution in [1.29, 1.82) is 0 Å². The Bertz CT molecular complexity index is 498. The van der Waals surface area contributed by atoms with Crippen molar-refractivity contribution in [2.75, 3.05) is 0 Å². The van der Waals surface area contributed by atoms with Crippen LogP contribution < -0.4 is 0 Å². The van der Waals surface area contributed by atoms with E-state index in [1.54, 1.807) is 12.1 Å². The van der Waals surface area contributed by atoms with Crippen molar-refractivity contribution < 1.29 is 9.59 Å². The van der Waals surface area contributed by atoms with Gasteiger partial charge in [-0.25, -0.2) is 4.90 Å². The van der Waals surface area contributed by atoms with Gasteiger partial charge in [0.25, 0.3) is 15.7 Å². The van der Waals surface area contributed by atoms with E-state index in [9.17, 15) is 9.59 Å². The van der Waals surface area contributed by atoms with Gasteiger partial charge < -0.3 is 0 Å². The van der Waals surface area contributed by atoms with E-state index < -0.39 is 15.7 Å². The zero-order valence-electron chi connectivity index (χ0n) is 7.58. The maximum Gasteiger partial charge on any atom is 0.277 e. The van der Waals surface area contributed by atoms with Gasteiger partial charge in [-0.2, -0.15) is 0 Å². The number of amides is 2. The van der Waals surface area contributed by atoms with Crippen LogP contribution in [0.2, 0.25) is 0 Å². The predicted molar refractivity (Wildman–Crippen MR) is 64.5 cm³/mol. The topological polar surface area (TPSA) is 37.4 Å². The van der Waals surface area contributed by atoms with E-state index in [4.69, 9.17) is 34.8 Å². The molecule has 1 aliphatic heterocycles. The molecule has 1 aromatic carbocycles. The van der Waals surface area contributed by atoms with E-state index in [1.807, 2.05) is 0 Å². The van der Waals surface area contributed by atoms with Crippen LogP contribution in [0, 0.1) is 0 Å². The summed E-state index contributed by atoms with van der Waals surface area (Å²) in [5.41, 5.74) is 0.367. The maximum atomic E-state index is 11.9. The molecule has 0 N–H and O–H groups in total. The van der Waals surface area contributed by atoms with Gasteiger partial charge in [0.1, 0.15) is 0 Å². The maximum absolute atomic E-state index is 11.9. The highest BCUT2D eigenvalue weighted by atomic mass is 35.6. The molecular formula is C9H4Cl3NO2S. The summed E-state index contributed by atoms with van der Waals surface area (Å²) in [4.78, 5) is 24.7. The minimum Gasteiger partial charge on any atom is -0.268 e. The molecule has 7 heteroatoms. The second-order valence-corrected chi connectivity index (χ2v) is 5.82. The Morgan fingerprint density at radius 3 is 2.25 bits per heavy atom. The largest absolute Gasteiger partial charge is 0.277 e. The number of halogens is 3. The van der Waals surface area contributed by atoms with E-state index in [-0.39, 0.29) is 11.1 Å². The Balaban J connectivity index is 2.62. The van der Waals surface area contributed by atoms with Crippen molar-refractivity contribution >= 4 is 59.2 Å². The van der Waals surface area contributed by atoms with Gasteiger partial charge in [-0.05, 0) is 12.1 Å². The minimum absolute atomic E-state index is 0.169. The second-order valence-electron chi connectivity index (χ2n) is 3.11. The van der Waals surface area contributed by atoms with Gasteiger partial charge >= 0.3 is 0 Å². The van der Waals surface area contributed by atoms with Crippen molar-refractivity contribution in [2.24, 2.45) is 0 Å². The summed E-state index contributed by atoms with van der Waals surface area (Å²) >= 11 is 20.8. The van der Waals surface area contributed by atoms with Gasteiger partial charge in [0.05, 0.1) is 11.1 Å². The summed E-state index contributed by atoms with van der Waals surface area (Å²) in [6.45, 7) is 0. The van der Waals surface area contributed by atoms with Crippen molar-refractivity contribution in [3.05, 3.63) is 29.3 Å². The number of thiol groups is 1. The van der Waals surface area contributed by atoms with Crippen LogP contribution >= 0.6 is 47.4 Å². The Hall–Kier alpha value is -0.420. The Morgan fingerprint density at radius 1 is 1.12 bits per heavy atom. The number of hydrogen-bond donors (Lipinski definition) is 1. The van der Waals surface area contributed by atoms with Crippen LogP contribution in [0.1, 0.15) is 20.7 Å². The smallest absolute Gasteiger partial charge is 0.268 e. The average molecular weight is 297 g/mol. The first-order valence-corrected chi connectivity index (χ1v) is 5.69. The quantitative estimate of drug-likeness (QED) is 0.346. The number of fused-ring (bicyclic) bond motifs is 1. The molecule has 0 atom stereocenters. The third kappa shape index (κ3) is 1.70. The summed E-state index contributed by atoms with van der Waals surface area (Å²) in [6, 6.07) is 4.69. The van der Waals surface area contributed by atoms with Gasteiger partial charge in [-0.15, -0.1) is 12.6 Å². The van der Waals surface area contributed by atoms with Crippen molar-refractivity contribution in [3.63, 3.8) is 0 Å². The average Bonchev–Trinajstić information content (AvgIpc) is 2.39. The van der Waals surface area contributed by atoms with Crippen LogP contribution in [0.15, 0.2) is 23.1 Å². The first-order chi connectivity index (χ1) is 7.34. The van der Waals surface area contributed by atoms with Gasteiger partial charge in [0, 0.05) is 4.90 Å². The molecule has 2 amide bonds. The number of imide groups is 1. The van der Waals surface area contributed by atoms with Crippen molar-refractivity contribution in [1.82, 2.24) is 4.90 Å². The highest BCUT2D eigenvalue weighted by Gasteiger charge is 2.47. The number of nitrogens with zero attached hydrogens (tertiary/aromatic N) is 1. The summed E-state index contributed by atoms with van der Waals surface area (Å²) in [5.74, 6) is -1.28. The predicted octanol–water partition coefficient (Wildman–Crippen LogP) is 2.90. The van der Waals surface area contributed by atoms with Crippen LogP contribution in [-0.2, 0) is 0 Å². The molecule has 0 saturated heterocycles. The fourth-order valence-electron chi connectivity index (χ4n) is 1.50. The number of carbonyl (C=O) groups is 2. The van der Waals surface area contributed by atoms with Crippen LogP contribution in [0.5, 0.6) is 0 Å². The molecule has 0 bridgehead atoms. The van der Waals surface area contributed by atoms with Crippen LogP contribution in [0.3, 0.4) is 0 Å². The highest BCUT2D eigenvalue weighted by Crippen LogP contribution is 2.39. The first-order valence-electron chi connectivity index (χ1n) is 4.11. The molecular weight excluding hydrogens is 293 g/mol. The molecule has 0 spiro atoms. The Kier molecular flexibility index (Phi) is 2.87. The molecule has 0 radical (unpaired) electrons. The molecule has 0 aliphatic carbocycles. The fourth-order valence-corrected chi connectivity index (χ4v) is 2.26. The lowest BCUT2D eigenvalue weighted by Gasteiger charge is -2.21. The van der Waals surface area contributed by atoms with E-state index in [0.29, 0.717) is 9.80 Å². The SMILES string of the molecule is O=C1c2cccc(S)c2C(=O)N1C(Cl)(Cl)Cl. The zero-order valence-corrected chi connectivity index (χ0v) is 10.7. The lowest BCUT2D eigenvalue weighted by Crippen LogP contribution is -2.40. The third-order valence-corrected chi connectivity index (χ3v) is 3.03. The summed E-state index contributed by atoms with van der Waals surface area (Å²) in [7, 11) is 0. The van der Waals surface area contributed by atoms with E-state index >= 15 is 0 Å². The van der Waals surface area contributed by atoms with E-state index in [1.165, 1.54) is 6.07 Å². The Morgan fingerprint density at radius 2 is 1.75 bits per heavy atom. The van der Waals surface area contributed by atoms with Gasteiger partial charge in [-0.3, -0.25) is 9.59 Å². The number of alkyl halides is 3.